The van der Waals surface area contributed by atoms with Crippen LogP contribution in [0, 0.1) is 11.8 Å². The number of hydrogen-bond donors (Lipinski definition) is 0. The van der Waals surface area contributed by atoms with Gasteiger partial charge in [-0.3, -0.25) is 4.79 Å². The molecule has 3 heteroatoms. The molecule has 1 atom stereocenters. The highest BCUT2D eigenvalue weighted by molar-refractivity contribution is 5.72. The van der Waals surface area contributed by atoms with E-state index in [1.54, 1.807) is 0 Å². The Hall–Kier alpha value is -0.570. The lowest BCUT2D eigenvalue weighted by Crippen LogP contribution is -2.33. The SMILES string of the molecule is COC(=O)C(CN(C)C)C1CCCC1. The molecule has 1 rings (SSSR count). The fourth-order valence-electron chi connectivity index (χ4n) is 2.32. The van der Waals surface area contributed by atoms with Gasteiger partial charge in [0.05, 0.1) is 13.0 Å². The Morgan fingerprint density at radius 2 is 2.00 bits per heavy atom. The van der Waals surface area contributed by atoms with Crippen molar-refractivity contribution in [3.8, 4) is 0 Å². The highest BCUT2D eigenvalue weighted by Crippen LogP contribution is 2.32. The minimum atomic E-state index is -0.0365. The zero-order chi connectivity index (χ0) is 10.6. The number of rotatable bonds is 4. The summed E-state index contributed by atoms with van der Waals surface area (Å²) in [6.45, 7) is 0.817. The van der Waals surface area contributed by atoms with Crippen LogP contribution in [0.3, 0.4) is 0 Å². The average Bonchev–Trinajstić information content (AvgIpc) is 2.65. The monoisotopic (exact) mass is 199 g/mol. The molecule has 0 aromatic rings. The van der Waals surface area contributed by atoms with Crippen molar-refractivity contribution >= 4 is 5.97 Å². The van der Waals surface area contributed by atoms with E-state index >= 15 is 0 Å². The number of ether oxygens (including phenoxy) is 1. The number of hydrogen-bond acceptors (Lipinski definition) is 3. The van der Waals surface area contributed by atoms with E-state index in [0.717, 1.165) is 6.54 Å². The molecule has 0 amide bonds. The molecule has 1 fully saturated rings. The lowest BCUT2D eigenvalue weighted by Gasteiger charge is -2.23. The Balaban J connectivity index is 2.55. The standard InChI is InChI=1S/C11H21NO2/c1-12(2)8-10(11(13)14-3)9-6-4-5-7-9/h9-10H,4-8H2,1-3H3. The van der Waals surface area contributed by atoms with Gasteiger partial charge in [-0.05, 0) is 32.9 Å². The molecule has 0 saturated heterocycles. The molecule has 1 unspecified atom stereocenters. The fourth-order valence-corrected chi connectivity index (χ4v) is 2.32. The first kappa shape index (κ1) is 11.5. The molecule has 1 aliphatic carbocycles. The maximum atomic E-state index is 11.6. The van der Waals surface area contributed by atoms with E-state index in [0.29, 0.717) is 5.92 Å². The second-order valence-corrected chi connectivity index (χ2v) is 4.44. The van der Waals surface area contributed by atoms with Crippen LogP contribution in [-0.4, -0.2) is 38.6 Å². The molecule has 82 valence electrons. The van der Waals surface area contributed by atoms with Gasteiger partial charge < -0.3 is 9.64 Å². The third-order valence-corrected chi connectivity index (χ3v) is 3.03. The molecular weight excluding hydrogens is 178 g/mol. The number of carbonyl (C=O) groups is 1. The van der Waals surface area contributed by atoms with Crippen LogP contribution in [0.15, 0.2) is 0 Å². The van der Waals surface area contributed by atoms with Crippen molar-refractivity contribution in [1.29, 1.82) is 0 Å². The van der Waals surface area contributed by atoms with Crippen LogP contribution in [0.5, 0.6) is 0 Å². The topological polar surface area (TPSA) is 29.5 Å². The highest BCUT2D eigenvalue weighted by atomic mass is 16.5. The predicted octanol–water partition coefficient (Wildman–Crippen LogP) is 1.53. The number of nitrogens with zero attached hydrogens (tertiary/aromatic N) is 1. The molecule has 0 aromatic heterocycles. The average molecular weight is 199 g/mol. The molecular formula is C11H21NO2. The normalized spacial score (nSPS) is 20.0. The summed E-state index contributed by atoms with van der Waals surface area (Å²) in [4.78, 5) is 13.7. The summed E-state index contributed by atoms with van der Waals surface area (Å²) in [7, 11) is 5.50. The van der Waals surface area contributed by atoms with Gasteiger partial charge in [0.15, 0.2) is 0 Å². The molecule has 0 N–H and O–H groups in total. The molecule has 0 radical (unpaired) electrons. The second-order valence-electron chi connectivity index (χ2n) is 4.44. The fraction of sp³-hybridized carbons (Fsp3) is 0.909. The molecule has 14 heavy (non-hydrogen) atoms. The van der Waals surface area contributed by atoms with E-state index in [-0.39, 0.29) is 11.9 Å². The van der Waals surface area contributed by atoms with Crippen molar-refractivity contribution in [2.75, 3.05) is 27.7 Å². The van der Waals surface area contributed by atoms with Crippen molar-refractivity contribution in [3.05, 3.63) is 0 Å². The van der Waals surface area contributed by atoms with Crippen LogP contribution in [0.2, 0.25) is 0 Å². The number of methoxy groups -OCH3 is 1. The van der Waals surface area contributed by atoms with Crippen molar-refractivity contribution in [2.45, 2.75) is 25.7 Å². The molecule has 1 saturated carbocycles. The van der Waals surface area contributed by atoms with Gasteiger partial charge in [0.1, 0.15) is 0 Å². The van der Waals surface area contributed by atoms with E-state index in [2.05, 4.69) is 4.90 Å². The van der Waals surface area contributed by atoms with Crippen molar-refractivity contribution in [1.82, 2.24) is 4.90 Å². The third-order valence-electron chi connectivity index (χ3n) is 3.03. The Bertz CT molecular complexity index is 186. The largest absolute Gasteiger partial charge is 0.469 e. The predicted molar refractivity (Wildman–Crippen MR) is 56.0 cm³/mol. The minimum absolute atomic E-state index is 0.0365. The Morgan fingerprint density at radius 3 is 2.43 bits per heavy atom. The van der Waals surface area contributed by atoms with Gasteiger partial charge in [0, 0.05) is 6.54 Å². The molecule has 0 aliphatic heterocycles. The van der Waals surface area contributed by atoms with E-state index in [9.17, 15) is 4.79 Å². The second kappa shape index (κ2) is 5.35. The smallest absolute Gasteiger partial charge is 0.310 e. The summed E-state index contributed by atoms with van der Waals surface area (Å²) in [6.07, 6.45) is 4.92. The first-order valence-corrected chi connectivity index (χ1v) is 5.37. The minimum Gasteiger partial charge on any atom is -0.469 e. The maximum absolute atomic E-state index is 11.6. The van der Waals surface area contributed by atoms with E-state index in [1.165, 1.54) is 32.8 Å². The summed E-state index contributed by atoms with van der Waals surface area (Å²) < 4.78 is 4.86. The lowest BCUT2D eigenvalue weighted by atomic mass is 9.90. The lowest BCUT2D eigenvalue weighted by molar-refractivity contribution is -0.148. The zero-order valence-electron chi connectivity index (χ0n) is 9.45. The van der Waals surface area contributed by atoms with Crippen LogP contribution >= 0.6 is 0 Å². The third kappa shape index (κ3) is 2.98. The first-order valence-electron chi connectivity index (χ1n) is 5.37. The van der Waals surface area contributed by atoms with Crippen molar-refractivity contribution in [3.63, 3.8) is 0 Å². The maximum Gasteiger partial charge on any atom is 0.310 e. The van der Waals surface area contributed by atoms with Gasteiger partial charge in [0.2, 0.25) is 0 Å². The summed E-state index contributed by atoms with van der Waals surface area (Å²) in [5.41, 5.74) is 0. The van der Waals surface area contributed by atoms with Gasteiger partial charge in [0.25, 0.3) is 0 Å². The summed E-state index contributed by atoms with van der Waals surface area (Å²) in [6, 6.07) is 0. The first-order chi connectivity index (χ1) is 6.65. The Kier molecular flexibility index (Phi) is 4.39. The van der Waals surface area contributed by atoms with Crippen LogP contribution in [0.25, 0.3) is 0 Å². The molecule has 0 heterocycles. The van der Waals surface area contributed by atoms with E-state index < -0.39 is 0 Å². The van der Waals surface area contributed by atoms with Crippen LogP contribution in [0.1, 0.15) is 25.7 Å². The molecule has 0 aromatic carbocycles. The Morgan fingerprint density at radius 1 is 1.43 bits per heavy atom. The number of carbonyl (C=O) groups excluding carboxylic acids is 1. The van der Waals surface area contributed by atoms with Gasteiger partial charge in [-0.2, -0.15) is 0 Å². The van der Waals surface area contributed by atoms with Crippen molar-refractivity contribution < 1.29 is 9.53 Å². The zero-order valence-corrected chi connectivity index (χ0v) is 9.45. The molecule has 0 bridgehead atoms. The van der Waals surface area contributed by atoms with Gasteiger partial charge in [-0.1, -0.05) is 12.8 Å². The molecule has 0 spiro atoms. The molecule has 3 nitrogen and oxygen atoms in total. The van der Waals surface area contributed by atoms with E-state index in [1.807, 2.05) is 14.1 Å². The van der Waals surface area contributed by atoms with Crippen LogP contribution in [-0.2, 0) is 9.53 Å². The van der Waals surface area contributed by atoms with Crippen molar-refractivity contribution in [2.24, 2.45) is 11.8 Å². The summed E-state index contributed by atoms with van der Waals surface area (Å²) in [5.74, 6) is 0.591. The van der Waals surface area contributed by atoms with E-state index in [4.69, 9.17) is 4.74 Å². The summed E-state index contributed by atoms with van der Waals surface area (Å²) >= 11 is 0. The van der Waals surface area contributed by atoms with Gasteiger partial charge in [-0.25, -0.2) is 0 Å². The quantitative estimate of drug-likeness (QED) is 0.643. The highest BCUT2D eigenvalue weighted by Gasteiger charge is 2.31. The van der Waals surface area contributed by atoms with Crippen LogP contribution in [0.4, 0.5) is 0 Å². The summed E-state index contributed by atoms with van der Waals surface area (Å²) in [5, 5.41) is 0. The number of esters is 1. The molecule has 1 aliphatic rings. The van der Waals surface area contributed by atoms with Gasteiger partial charge in [-0.15, -0.1) is 0 Å². The Labute approximate surface area is 86.4 Å². The van der Waals surface area contributed by atoms with Gasteiger partial charge >= 0.3 is 5.97 Å². The van der Waals surface area contributed by atoms with Crippen LogP contribution < -0.4 is 0 Å².